The first-order valence-electron chi connectivity index (χ1n) is 5.75. The molecule has 1 heterocycles. The largest absolute Gasteiger partial charge is 0.422 e. The van der Waals surface area contributed by atoms with Crippen LogP contribution >= 0.6 is 0 Å². The van der Waals surface area contributed by atoms with Crippen molar-refractivity contribution in [2.75, 3.05) is 0 Å². The van der Waals surface area contributed by atoms with Gasteiger partial charge in [-0.15, -0.1) is 0 Å². The van der Waals surface area contributed by atoms with Crippen molar-refractivity contribution in [1.29, 1.82) is 0 Å². The molecule has 0 amide bonds. The van der Waals surface area contributed by atoms with Crippen molar-refractivity contribution in [3.8, 4) is 5.75 Å². The van der Waals surface area contributed by atoms with Crippen molar-refractivity contribution >= 4 is 11.0 Å². The zero-order valence-electron chi connectivity index (χ0n) is 9.36. The van der Waals surface area contributed by atoms with Crippen LogP contribution in [0.5, 0.6) is 5.75 Å². The number of hydrogen-bond donors (Lipinski definition) is 1. The zero-order valence-corrected chi connectivity index (χ0v) is 9.36. The van der Waals surface area contributed by atoms with E-state index in [1.54, 1.807) is 18.2 Å². The zero-order chi connectivity index (χ0) is 11.8. The Labute approximate surface area is 97.9 Å². The highest BCUT2D eigenvalue weighted by molar-refractivity contribution is 5.87. The molecule has 88 valence electrons. The third-order valence-electron chi connectivity index (χ3n) is 3.33. The second kappa shape index (κ2) is 3.89. The van der Waals surface area contributed by atoms with Crippen LogP contribution in [0.4, 0.5) is 0 Å². The number of fused-ring (bicyclic) bond motifs is 3. The van der Waals surface area contributed by atoms with Gasteiger partial charge >= 0.3 is 5.63 Å². The van der Waals surface area contributed by atoms with E-state index in [9.17, 15) is 4.79 Å². The van der Waals surface area contributed by atoms with E-state index in [1.165, 1.54) is 0 Å². The lowest BCUT2D eigenvalue weighted by Gasteiger charge is -2.17. The summed E-state index contributed by atoms with van der Waals surface area (Å²) < 4.78 is 5.31. The molecule has 1 aliphatic rings. The first-order valence-corrected chi connectivity index (χ1v) is 5.75. The Bertz CT molecular complexity index is 630. The minimum atomic E-state index is -0.221. The molecule has 0 atom stereocenters. The van der Waals surface area contributed by atoms with Gasteiger partial charge in [0.15, 0.2) is 5.75 Å². The molecule has 0 fully saturated rings. The van der Waals surface area contributed by atoms with Gasteiger partial charge in [0.05, 0.1) is 5.39 Å². The number of rotatable bonds is 1. The SMILES string of the molecule is NOc1cccc2oc(=O)c3c(c12)CCCC3. The van der Waals surface area contributed by atoms with E-state index in [0.29, 0.717) is 11.3 Å². The number of hydrogen-bond acceptors (Lipinski definition) is 4. The fraction of sp³-hybridized carbons (Fsp3) is 0.308. The molecule has 4 nitrogen and oxygen atoms in total. The maximum absolute atomic E-state index is 11.8. The molecule has 2 aromatic rings. The summed E-state index contributed by atoms with van der Waals surface area (Å²) in [6.45, 7) is 0. The maximum Gasteiger partial charge on any atom is 0.339 e. The third kappa shape index (κ3) is 1.52. The predicted octanol–water partition coefficient (Wildman–Crippen LogP) is 1.92. The number of nitrogens with two attached hydrogens (primary N) is 1. The first kappa shape index (κ1) is 10.4. The van der Waals surface area contributed by atoms with Gasteiger partial charge in [0.25, 0.3) is 0 Å². The summed E-state index contributed by atoms with van der Waals surface area (Å²) in [4.78, 5) is 16.7. The van der Waals surface area contributed by atoms with Crippen LogP contribution in [-0.4, -0.2) is 0 Å². The average Bonchev–Trinajstić information content (AvgIpc) is 2.38. The summed E-state index contributed by atoms with van der Waals surface area (Å²) in [5.41, 5.74) is 2.16. The minimum absolute atomic E-state index is 0.221. The van der Waals surface area contributed by atoms with Crippen molar-refractivity contribution in [2.45, 2.75) is 25.7 Å². The quantitative estimate of drug-likeness (QED) is 0.601. The van der Waals surface area contributed by atoms with Crippen molar-refractivity contribution in [2.24, 2.45) is 5.90 Å². The topological polar surface area (TPSA) is 65.5 Å². The molecular formula is C13H13NO3. The molecule has 0 bridgehead atoms. The van der Waals surface area contributed by atoms with Gasteiger partial charge in [-0.2, -0.15) is 5.90 Å². The molecule has 0 saturated carbocycles. The normalized spacial score (nSPS) is 14.6. The van der Waals surface area contributed by atoms with Gasteiger partial charge in [-0.1, -0.05) is 6.07 Å². The van der Waals surface area contributed by atoms with Crippen LogP contribution in [0, 0.1) is 0 Å². The Balaban J connectivity index is 2.44. The second-order valence-electron chi connectivity index (χ2n) is 4.30. The second-order valence-corrected chi connectivity index (χ2v) is 4.30. The van der Waals surface area contributed by atoms with Crippen LogP contribution in [0.25, 0.3) is 11.0 Å². The van der Waals surface area contributed by atoms with Gasteiger partial charge in [-0.05, 0) is 43.4 Å². The van der Waals surface area contributed by atoms with Gasteiger partial charge in [-0.3, -0.25) is 0 Å². The van der Waals surface area contributed by atoms with Crippen LogP contribution < -0.4 is 16.4 Å². The van der Waals surface area contributed by atoms with Gasteiger partial charge < -0.3 is 9.25 Å². The van der Waals surface area contributed by atoms with Crippen LogP contribution in [-0.2, 0) is 12.8 Å². The number of benzene rings is 1. The first-order chi connectivity index (χ1) is 8.31. The molecule has 1 aliphatic carbocycles. The van der Waals surface area contributed by atoms with Crippen LogP contribution in [0.3, 0.4) is 0 Å². The van der Waals surface area contributed by atoms with Crippen molar-refractivity contribution in [3.05, 3.63) is 39.7 Å². The Hall–Kier alpha value is -1.81. The molecule has 0 saturated heterocycles. The highest BCUT2D eigenvalue weighted by Gasteiger charge is 2.20. The summed E-state index contributed by atoms with van der Waals surface area (Å²) >= 11 is 0. The molecule has 0 spiro atoms. The van der Waals surface area contributed by atoms with Gasteiger partial charge in [0.1, 0.15) is 5.58 Å². The average molecular weight is 231 g/mol. The molecular weight excluding hydrogens is 218 g/mol. The highest BCUT2D eigenvalue weighted by atomic mass is 16.6. The van der Waals surface area contributed by atoms with Gasteiger partial charge in [0.2, 0.25) is 0 Å². The van der Waals surface area contributed by atoms with Crippen LogP contribution in [0.2, 0.25) is 0 Å². The molecule has 3 rings (SSSR count). The highest BCUT2D eigenvalue weighted by Crippen LogP contribution is 2.32. The lowest BCUT2D eigenvalue weighted by atomic mass is 9.90. The van der Waals surface area contributed by atoms with Crippen molar-refractivity contribution in [1.82, 2.24) is 0 Å². The fourth-order valence-electron chi connectivity index (χ4n) is 2.56. The van der Waals surface area contributed by atoms with Crippen LogP contribution in [0.1, 0.15) is 24.0 Å². The minimum Gasteiger partial charge on any atom is -0.422 e. The van der Waals surface area contributed by atoms with Crippen molar-refractivity contribution < 1.29 is 9.25 Å². The Kier molecular flexibility index (Phi) is 2.37. The molecule has 1 aromatic carbocycles. The lowest BCUT2D eigenvalue weighted by molar-refractivity contribution is 0.337. The Morgan fingerprint density at radius 1 is 1.18 bits per heavy atom. The summed E-state index contributed by atoms with van der Waals surface area (Å²) in [5.74, 6) is 5.84. The molecule has 1 aromatic heterocycles. The van der Waals surface area contributed by atoms with Gasteiger partial charge in [-0.25, -0.2) is 4.79 Å². The lowest BCUT2D eigenvalue weighted by Crippen LogP contribution is -2.16. The smallest absolute Gasteiger partial charge is 0.339 e. The molecule has 4 heteroatoms. The predicted molar refractivity (Wildman–Crippen MR) is 63.9 cm³/mol. The monoisotopic (exact) mass is 231 g/mol. The molecule has 17 heavy (non-hydrogen) atoms. The fourth-order valence-corrected chi connectivity index (χ4v) is 2.56. The standard InChI is InChI=1S/C13H13NO3/c14-17-11-7-3-6-10-12(11)8-4-1-2-5-9(8)13(15)16-10/h3,6-7H,1-2,4-5,14H2. The van der Waals surface area contributed by atoms with E-state index in [-0.39, 0.29) is 5.63 Å². The summed E-state index contributed by atoms with van der Waals surface area (Å²) in [6.07, 6.45) is 3.80. The third-order valence-corrected chi connectivity index (χ3v) is 3.33. The van der Waals surface area contributed by atoms with Crippen LogP contribution in [0.15, 0.2) is 27.4 Å². The van der Waals surface area contributed by atoms with Gasteiger partial charge in [0, 0.05) is 5.56 Å². The Morgan fingerprint density at radius 3 is 2.71 bits per heavy atom. The van der Waals surface area contributed by atoms with E-state index in [0.717, 1.165) is 42.2 Å². The van der Waals surface area contributed by atoms with E-state index >= 15 is 0 Å². The summed E-state index contributed by atoms with van der Waals surface area (Å²) in [6, 6.07) is 5.33. The summed E-state index contributed by atoms with van der Waals surface area (Å²) in [7, 11) is 0. The van der Waals surface area contributed by atoms with E-state index in [4.69, 9.17) is 15.2 Å². The Morgan fingerprint density at radius 2 is 1.94 bits per heavy atom. The van der Waals surface area contributed by atoms with E-state index in [1.807, 2.05) is 0 Å². The summed E-state index contributed by atoms with van der Waals surface area (Å²) in [5, 5.41) is 0.851. The molecule has 0 unspecified atom stereocenters. The van der Waals surface area contributed by atoms with E-state index < -0.39 is 0 Å². The van der Waals surface area contributed by atoms with Crippen molar-refractivity contribution in [3.63, 3.8) is 0 Å². The number of aryl methyl sites for hydroxylation is 1. The molecule has 0 aliphatic heterocycles. The maximum atomic E-state index is 11.8. The van der Waals surface area contributed by atoms with E-state index in [2.05, 4.69) is 0 Å². The molecule has 0 radical (unpaired) electrons. The molecule has 2 N–H and O–H groups in total.